The summed E-state index contributed by atoms with van der Waals surface area (Å²) >= 11 is 0. The molecule has 0 bridgehead atoms. The highest BCUT2D eigenvalue weighted by Gasteiger charge is 2.25. The average Bonchev–Trinajstić information content (AvgIpc) is 2.46. The molecular weight excluding hydrogens is 252 g/mol. The van der Waals surface area contributed by atoms with E-state index >= 15 is 0 Å². The summed E-state index contributed by atoms with van der Waals surface area (Å²) < 4.78 is 5.55. The second-order valence-corrected chi connectivity index (χ2v) is 5.80. The largest absolute Gasteiger partial charge is 0.484 e. The van der Waals surface area contributed by atoms with Gasteiger partial charge in [-0.15, -0.1) is 0 Å². The molecule has 1 aromatic rings. The van der Waals surface area contributed by atoms with Crippen molar-refractivity contribution in [3.05, 3.63) is 29.8 Å². The zero-order valence-corrected chi connectivity index (χ0v) is 12.7. The molecule has 1 aromatic carbocycles. The lowest BCUT2D eigenvalue weighted by molar-refractivity contribution is -0.925. The maximum atomic E-state index is 12.1. The van der Waals surface area contributed by atoms with Crippen molar-refractivity contribution in [2.24, 2.45) is 0 Å². The number of piperazine rings is 1. The highest BCUT2D eigenvalue weighted by Crippen LogP contribution is 2.11. The van der Waals surface area contributed by atoms with Crippen LogP contribution in [0.2, 0.25) is 0 Å². The molecule has 2 rings (SSSR count). The number of hydrogen-bond acceptors (Lipinski definition) is 2. The van der Waals surface area contributed by atoms with Gasteiger partial charge in [0.1, 0.15) is 5.75 Å². The Labute approximate surface area is 121 Å². The summed E-state index contributed by atoms with van der Waals surface area (Å²) in [6.45, 7) is 10.4. The Balaban J connectivity index is 1.77. The van der Waals surface area contributed by atoms with Crippen LogP contribution in [0.1, 0.15) is 19.4 Å². The Morgan fingerprint density at radius 1 is 1.25 bits per heavy atom. The van der Waals surface area contributed by atoms with Gasteiger partial charge in [0.25, 0.3) is 5.91 Å². The third-order valence-electron chi connectivity index (χ3n) is 3.96. The number of carbonyl (C=O) groups excluding carboxylic acids is 1. The molecule has 1 heterocycles. The Morgan fingerprint density at radius 3 is 2.40 bits per heavy atom. The Morgan fingerprint density at radius 2 is 1.85 bits per heavy atom. The molecule has 4 heteroatoms. The van der Waals surface area contributed by atoms with Crippen LogP contribution in [-0.2, 0) is 4.79 Å². The molecule has 0 radical (unpaired) electrons. The zero-order valence-electron chi connectivity index (χ0n) is 12.7. The third-order valence-corrected chi connectivity index (χ3v) is 3.96. The maximum Gasteiger partial charge on any atom is 0.260 e. The Kier molecular flexibility index (Phi) is 5.01. The van der Waals surface area contributed by atoms with Gasteiger partial charge in [-0.3, -0.25) is 4.79 Å². The van der Waals surface area contributed by atoms with Crippen LogP contribution in [-0.4, -0.2) is 49.6 Å². The van der Waals surface area contributed by atoms with Crippen LogP contribution < -0.4 is 9.64 Å². The first-order chi connectivity index (χ1) is 9.56. The highest BCUT2D eigenvalue weighted by atomic mass is 16.5. The molecule has 0 atom stereocenters. The minimum absolute atomic E-state index is 0.0911. The van der Waals surface area contributed by atoms with Gasteiger partial charge in [-0.1, -0.05) is 17.7 Å². The molecule has 0 spiro atoms. The lowest BCUT2D eigenvalue weighted by atomic mass is 10.2. The molecule has 20 heavy (non-hydrogen) atoms. The van der Waals surface area contributed by atoms with Crippen LogP contribution in [0.5, 0.6) is 5.75 Å². The van der Waals surface area contributed by atoms with Crippen molar-refractivity contribution in [1.82, 2.24) is 4.90 Å². The lowest BCUT2D eigenvalue weighted by Gasteiger charge is -2.34. The zero-order chi connectivity index (χ0) is 14.5. The van der Waals surface area contributed by atoms with Gasteiger partial charge in [0.05, 0.1) is 32.2 Å². The van der Waals surface area contributed by atoms with Crippen LogP contribution >= 0.6 is 0 Å². The van der Waals surface area contributed by atoms with Gasteiger partial charge in [-0.25, -0.2) is 0 Å². The van der Waals surface area contributed by atoms with E-state index in [1.165, 1.54) is 5.56 Å². The molecule has 1 saturated heterocycles. The van der Waals surface area contributed by atoms with E-state index in [4.69, 9.17) is 4.74 Å². The molecule has 1 aliphatic heterocycles. The molecule has 1 N–H and O–H groups in total. The predicted octanol–water partition coefficient (Wildman–Crippen LogP) is 0.509. The summed E-state index contributed by atoms with van der Waals surface area (Å²) in [4.78, 5) is 15.6. The molecule has 1 fully saturated rings. The summed E-state index contributed by atoms with van der Waals surface area (Å²) in [6, 6.07) is 8.43. The number of quaternary nitrogens is 1. The normalized spacial score (nSPS) is 16.5. The van der Waals surface area contributed by atoms with E-state index in [0.29, 0.717) is 6.04 Å². The molecule has 4 nitrogen and oxygen atoms in total. The van der Waals surface area contributed by atoms with Gasteiger partial charge in [-0.2, -0.15) is 0 Å². The minimum atomic E-state index is 0.0911. The van der Waals surface area contributed by atoms with Crippen LogP contribution in [0.15, 0.2) is 24.3 Å². The number of hydrogen-bond donors (Lipinski definition) is 1. The fraction of sp³-hybridized carbons (Fsp3) is 0.562. The van der Waals surface area contributed by atoms with E-state index in [9.17, 15) is 4.79 Å². The van der Waals surface area contributed by atoms with Gasteiger partial charge in [0.15, 0.2) is 6.61 Å². The number of aryl methyl sites for hydroxylation is 1. The lowest BCUT2D eigenvalue weighted by Crippen LogP contribution is -3.17. The molecule has 0 aliphatic carbocycles. The number of nitrogens with zero attached hydrogens (tertiary/aromatic N) is 1. The van der Waals surface area contributed by atoms with E-state index in [0.717, 1.165) is 31.9 Å². The standard InChI is InChI=1S/C16H24N2O2/c1-13(2)17-8-10-18(11-9-17)16(19)12-20-15-6-4-14(3)5-7-15/h4-7,13H,8-12H2,1-3H3/p+1. The fourth-order valence-corrected chi connectivity index (χ4v) is 2.49. The number of benzene rings is 1. The SMILES string of the molecule is Cc1ccc(OCC(=O)N2CC[NH+](C(C)C)CC2)cc1. The molecule has 110 valence electrons. The van der Waals surface area contributed by atoms with Crippen molar-refractivity contribution in [2.45, 2.75) is 26.8 Å². The predicted molar refractivity (Wildman–Crippen MR) is 79.1 cm³/mol. The first-order valence-electron chi connectivity index (χ1n) is 7.38. The van der Waals surface area contributed by atoms with Gasteiger partial charge in [0, 0.05) is 0 Å². The molecular formula is C16H25N2O2+. The minimum Gasteiger partial charge on any atom is -0.484 e. The summed E-state index contributed by atoms with van der Waals surface area (Å²) in [7, 11) is 0. The molecule has 0 aromatic heterocycles. The maximum absolute atomic E-state index is 12.1. The van der Waals surface area contributed by atoms with Crippen molar-refractivity contribution in [1.29, 1.82) is 0 Å². The second-order valence-electron chi connectivity index (χ2n) is 5.80. The first kappa shape index (κ1) is 14.9. The fourth-order valence-electron chi connectivity index (χ4n) is 2.49. The van der Waals surface area contributed by atoms with Crippen LogP contribution in [0, 0.1) is 6.92 Å². The van der Waals surface area contributed by atoms with Crippen LogP contribution in [0.3, 0.4) is 0 Å². The summed E-state index contributed by atoms with van der Waals surface area (Å²) in [5.41, 5.74) is 1.19. The van der Waals surface area contributed by atoms with E-state index in [2.05, 4.69) is 13.8 Å². The van der Waals surface area contributed by atoms with Crippen molar-refractivity contribution >= 4 is 5.91 Å². The van der Waals surface area contributed by atoms with E-state index in [-0.39, 0.29) is 12.5 Å². The van der Waals surface area contributed by atoms with Gasteiger partial charge >= 0.3 is 0 Å². The quantitative estimate of drug-likeness (QED) is 0.870. The number of ether oxygens (including phenoxy) is 1. The summed E-state index contributed by atoms with van der Waals surface area (Å²) in [5, 5.41) is 0. The second kappa shape index (κ2) is 6.75. The molecule has 0 saturated carbocycles. The van der Waals surface area contributed by atoms with E-state index in [1.54, 1.807) is 4.90 Å². The van der Waals surface area contributed by atoms with E-state index in [1.807, 2.05) is 36.1 Å². The smallest absolute Gasteiger partial charge is 0.260 e. The number of rotatable bonds is 4. The van der Waals surface area contributed by atoms with Crippen molar-refractivity contribution < 1.29 is 14.4 Å². The molecule has 0 unspecified atom stereocenters. The number of amides is 1. The third kappa shape index (κ3) is 3.97. The van der Waals surface area contributed by atoms with Crippen molar-refractivity contribution in [2.75, 3.05) is 32.8 Å². The topological polar surface area (TPSA) is 34.0 Å². The highest BCUT2D eigenvalue weighted by molar-refractivity contribution is 5.77. The van der Waals surface area contributed by atoms with Crippen molar-refractivity contribution in [3.63, 3.8) is 0 Å². The average molecular weight is 277 g/mol. The summed E-state index contributed by atoms with van der Waals surface area (Å²) in [5.74, 6) is 0.851. The van der Waals surface area contributed by atoms with Gasteiger partial charge in [-0.05, 0) is 32.9 Å². The molecule has 1 amide bonds. The van der Waals surface area contributed by atoms with Crippen LogP contribution in [0.25, 0.3) is 0 Å². The van der Waals surface area contributed by atoms with Crippen LogP contribution in [0.4, 0.5) is 0 Å². The Bertz CT molecular complexity index is 434. The van der Waals surface area contributed by atoms with Crippen molar-refractivity contribution in [3.8, 4) is 5.75 Å². The number of carbonyl (C=O) groups is 1. The monoisotopic (exact) mass is 277 g/mol. The Hall–Kier alpha value is -1.55. The molecule has 1 aliphatic rings. The van der Waals surface area contributed by atoms with Gasteiger partial charge in [0.2, 0.25) is 0 Å². The summed E-state index contributed by atoms with van der Waals surface area (Å²) in [6.07, 6.45) is 0. The number of nitrogens with one attached hydrogen (secondary N) is 1. The first-order valence-corrected chi connectivity index (χ1v) is 7.38. The van der Waals surface area contributed by atoms with Gasteiger partial charge < -0.3 is 14.5 Å². The van der Waals surface area contributed by atoms with E-state index < -0.39 is 0 Å².